The van der Waals surface area contributed by atoms with Crippen molar-refractivity contribution in [1.82, 2.24) is 4.98 Å². The molecule has 2 aromatic rings. The maximum atomic E-state index is 13.4. The number of aromatic nitrogens is 1. The lowest BCUT2D eigenvalue weighted by molar-refractivity contribution is -0.138. The van der Waals surface area contributed by atoms with Crippen molar-refractivity contribution in [2.45, 2.75) is 30.8 Å². The second kappa shape index (κ2) is 6.36. The molecule has 1 saturated heterocycles. The van der Waals surface area contributed by atoms with Crippen molar-refractivity contribution in [1.29, 1.82) is 5.26 Å². The smallest absolute Gasteiger partial charge is 0.263 e. The van der Waals surface area contributed by atoms with Gasteiger partial charge in [0.15, 0.2) is 16.8 Å². The molecule has 1 aliphatic carbocycles. The quantitative estimate of drug-likeness (QED) is 0.570. The van der Waals surface area contributed by atoms with Crippen molar-refractivity contribution in [2.24, 2.45) is 0 Å². The first-order chi connectivity index (χ1) is 12.9. The van der Waals surface area contributed by atoms with Crippen LogP contribution >= 0.6 is 28.6 Å². The number of hydrogen-bond acceptors (Lipinski definition) is 6. The molecule has 1 spiro atoms. The van der Waals surface area contributed by atoms with Gasteiger partial charge in [0.25, 0.3) is 5.91 Å². The minimum atomic E-state index is -1.22. The van der Waals surface area contributed by atoms with E-state index in [2.05, 4.69) is 33.5 Å². The number of carbonyl (C=O) groups is 2. The minimum Gasteiger partial charge on any atom is -0.321 e. The first kappa shape index (κ1) is 18.0. The summed E-state index contributed by atoms with van der Waals surface area (Å²) >= 11 is 8.10. The molecule has 4 rings (SSSR count). The van der Waals surface area contributed by atoms with Crippen LogP contribution in [0.25, 0.3) is 0 Å². The van der Waals surface area contributed by atoms with Crippen LogP contribution in [0.4, 0.5) is 11.4 Å². The number of rotatable bonds is 2. The van der Waals surface area contributed by atoms with Gasteiger partial charge in [-0.3, -0.25) is 14.5 Å². The van der Waals surface area contributed by atoms with Gasteiger partial charge in [-0.05, 0) is 49.2 Å². The maximum Gasteiger partial charge on any atom is 0.263 e. The highest BCUT2D eigenvalue weighted by molar-refractivity contribution is 9.10. The number of aryl methyl sites for hydroxylation is 1. The van der Waals surface area contributed by atoms with E-state index in [1.54, 1.807) is 17.9 Å². The highest BCUT2D eigenvalue weighted by Crippen LogP contribution is 2.48. The van der Waals surface area contributed by atoms with E-state index < -0.39 is 11.0 Å². The highest BCUT2D eigenvalue weighted by atomic mass is 79.9. The predicted molar refractivity (Wildman–Crippen MR) is 108 cm³/mol. The second-order valence-corrected chi connectivity index (χ2v) is 8.00. The maximum absolute atomic E-state index is 13.4. The Morgan fingerprint density at radius 2 is 2.00 bits per heavy atom. The van der Waals surface area contributed by atoms with Gasteiger partial charge in [-0.1, -0.05) is 15.9 Å². The topological polar surface area (TPSA) is 77.3 Å². The van der Waals surface area contributed by atoms with E-state index in [1.807, 2.05) is 30.3 Å². The Kier molecular flexibility index (Phi) is 4.24. The Hall–Kier alpha value is -2.37. The molecule has 1 amide bonds. The summed E-state index contributed by atoms with van der Waals surface area (Å²) in [6.07, 6.45) is 2.31. The number of Topliss-reactive ketones (excluding diaryl/α,β-unsaturated/α-hetero) is 1. The van der Waals surface area contributed by atoms with Gasteiger partial charge in [0.05, 0.1) is 11.9 Å². The first-order valence-corrected chi connectivity index (χ1v) is 9.68. The normalized spacial score (nSPS) is 24.3. The Bertz CT molecular complexity index is 1000. The van der Waals surface area contributed by atoms with Crippen LogP contribution in [0.5, 0.6) is 0 Å². The van der Waals surface area contributed by atoms with E-state index in [0.29, 0.717) is 29.8 Å². The van der Waals surface area contributed by atoms with Crippen LogP contribution in [0.2, 0.25) is 0 Å². The third-order valence-corrected chi connectivity index (χ3v) is 6.16. The fourth-order valence-electron chi connectivity index (χ4n) is 3.68. The van der Waals surface area contributed by atoms with Gasteiger partial charge in [-0.2, -0.15) is 5.26 Å². The van der Waals surface area contributed by atoms with Gasteiger partial charge in [0.1, 0.15) is 11.8 Å². The molecule has 0 bridgehead atoms. The number of ketones is 1. The fourth-order valence-corrected chi connectivity index (χ4v) is 4.51. The highest BCUT2D eigenvalue weighted by Gasteiger charge is 2.65. The van der Waals surface area contributed by atoms with Crippen LogP contribution in [0.3, 0.4) is 0 Å². The molecule has 6 nitrogen and oxygen atoms in total. The van der Waals surface area contributed by atoms with Crippen molar-refractivity contribution < 1.29 is 9.59 Å². The molecule has 2 unspecified atom stereocenters. The van der Waals surface area contributed by atoms with Crippen molar-refractivity contribution in [3.05, 3.63) is 52.3 Å². The molecule has 1 saturated carbocycles. The number of anilines is 2. The average molecular weight is 443 g/mol. The van der Waals surface area contributed by atoms with Crippen molar-refractivity contribution in [3.8, 4) is 6.07 Å². The van der Waals surface area contributed by atoms with Gasteiger partial charge in [-0.15, -0.1) is 12.6 Å². The van der Waals surface area contributed by atoms with Crippen LogP contribution < -0.4 is 9.80 Å². The molecule has 1 aliphatic heterocycles. The summed E-state index contributed by atoms with van der Waals surface area (Å²) in [6.45, 7) is 1.76. The van der Waals surface area contributed by atoms with Crippen molar-refractivity contribution in [2.75, 3.05) is 9.80 Å². The van der Waals surface area contributed by atoms with Gasteiger partial charge >= 0.3 is 0 Å². The molecule has 0 N–H and O–H groups in total. The number of benzene rings is 1. The first-order valence-electron chi connectivity index (χ1n) is 8.37. The molecular formula is C19H15BrN4O2S. The lowest BCUT2D eigenvalue weighted by Crippen LogP contribution is -2.62. The predicted octanol–water partition coefficient (Wildman–Crippen LogP) is 3.19. The van der Waals surface area contributed by atoms with Crippen LogP contribution in [-0.4, -0.2) is 27.7 Å². The minimum absolute atomic E-state index is 0.102. The van der Waals surface area contributed by atoms with E-state index >= 15 is 0 Å². The molecule has 0 radical (unpaired) electrons. The van der Waals surface area contributed by atoms with Gasteiger partial charge in [0.2, 0.25) is 0 Å². The van der Waals surface area contributed by atoms with Crippen LogP contribution in [0.15, 0.2) is 41.0 Å². The summed E-state index contributed by atoms with van der Waals surface area (Å²) in [5.74, 6) is -0.400. The Labute approximate surface area is 170 Å². The Morgan fingerprint density at radius 3 is 2.52 bits per heavy atom. The SMILES string of the molecule is Cc1cc(N2C(=O)C3(CCC3=O)N(c3ccc(Br)cc3)C2S)cnc1C#N. The number of nitrogens with zero attached hydrogens (tertiary/aromatic N) is 4. The zero-order valence-electron chi connectivity index (χ0n) is 14.4. The zero-order chi connectivity index (χ0) is 19.3. The van der Waals surface area contributed by atoms with Crippen LogP contribution in [-0.2, 0) is 9.59 Å². The molecule has 8 heteroatoms. The molecule has 2 heterocycles. The van der Waals surface area contributed by atoms with Gasteiger partial charge in [-0.25, -0.2) is 4.98 Å². The van der Waals surface area contributed by atoms with Crippen LogP contribution in [0.1, 0.15) is 24.1 Å². The van der Waals surface area contributed by atoms with E-state index in [9.17, 15) is 9.59 Å². The number of thiol groups is 1. The lowest BCUT2D eigenvalue weighted by Gasteiger charge is -2.42. The summed E-state index contributed by atoms with van der Waals surface area (Å²) in [5, 5.41) is 9.09. The molecule has 2 aliphatic rings. The molecular weight excluding hydrogens is 428 g/mol. The third kappa shape index (κ3) is 2.49. The molecule has 2 atom stereocenters. The third-order valence-electron chi connectivity index (χ3n) is 5.17. The van der Waals surface area contributed by atoms with E-state index in [0.717, 1.165) is 10.2 Å². The lowest BCUT2D eigenvalue weighted by atomic mass is 9.73. The standard InChI is InChI=1S/C19H15BrN4O2S/c1-11-8-14(10-22-15(11)9-21)23-17(26)19(7-6-16(19)25)24(18(23)27)13-4-2-12(20)3-5-13/h2-5,8,10,18,27H,6-7H2,1H3. The zero-order valence-corrected chi connectivity index (χ0v) is 16.9. The summed E-state index contributed by atoms with van der Waals surface area (Å²) in [7, 11) is 0. The van der Waals surface area contributed by atoms with E-state index in [4.69, 9.17) is 5.26 Å². The summed E-state index contributed by atoms with van der Waals surface area (Å²) in [4.78, 5) is 33.4. The van der Waals surface area contributed by atoms with Crippen molar-refractivity contribution in [3.63, 3.8) is 0 Å². The molecule has 1 aromatic heterocycles. The number of nitriles is 1. The Balaban J connectivity index is 1.83. The summed E-state index contributed by atoms with van der Waals surface area (Å²) in [5.41, 5.74) is 0.370. The summed E-state index contributed by atoms with van der Waals surface area (Å²) in [6, 6.07) is 11.2. The molecule has 2 fully saturated rings. The van der Waals surface area contributed by atoms with Gasteiger partial charge in [0, 0.05) is 16.6 Å². The number of pyridine rings is 1. The van der Waals surface area contributed by atoms with Crippen LogP contribution in [0, 0.1) is 18.3 Å². The second-order valence-electron chi connectivity index (χ2n) is 6.62. The van der Waals surface area contributed by atoms with Gasteiger partial charge < -0.3 is 4.90 Å². The largest absolute Gasteiger partial charge is 0.321 e. The molecule has 1 aromatic carbocycles. The number of hydrogen-bond donors (Lipinski definition) is 1. The molecule has 136 valence electrons. The fraction of sp³-hybridized carbons (Fsp3) is 0.263. The number of halogens is 1. The average Bonchev–Trinajstić information content (AvgIpc) is 2.90. The molecule has 27 heavy (non-hydrogen) atoms. The summed E-state index contributed by atoms with van der Waals surface area (Å²) < 4.78 is 0.908. The van der Waals surface area contributed by atoms with E-state index in [-0.39, 0.29) is 11.7 Å². The number of amides is 1. The monoisotopic (exact) mass is 442 g/mol. The Morgan fingerprint density at radius 1 is 1.30 bits per heavy atom. The van der Waals surface area contributed by atoms with Crippen molar-refractivity contribution >= 4 is 51.6 Å². The van der Waals surface area contributed by atoms with E-state index in [1.165, 1.54) is 11.1 Å². The number of carbonyl (C=O) groups excluding carboxylic acids is 2.